The molecule has 0 aromatic heterocycles. The largest absolute Gasteiger partial charge is 0.417 e. The molecule has 1 aromatic carbocycles. The maximum atomic E-state index is 12.5. The summed E-state index contributed by atoms with van der Waals surface area (Å²) >= 11 is 5.46. The first-order chi connectivity index (χ1) is 7.45. The number of hydrogen-bond acceptors (Lipinski definition) is 2. The van der Waals surface area contributed by atoms with Gasteiger partial charge in [0.25, 0.3) is 0 Å². The predicted octanol–water partition coefficient (Wildman–Crippen LogP) is 3.48. The standard InChI is InChI=1S/C10H10ClF3O2/c1-15-6-16-5-7-2-3-9(11)8(4-7)10(12,13)14/h2-4H,5-6H2,1H3. The number of hydrogen-bond donors (Lipinski definition) is 0. The Morgan fingerprint density at radius 2 is 2.00 bits per heavy atom. The molecule has 0 fully saturated rings. The molecular formula is C10H10ClF3O2. The first kappa shape index (κ1) is 13.3. The molecule has 0 radical (unpaired) electrons. The smallest absolute Gasteiger partial charge is 0.359 e. The van der Waals surface area contributed by atoms with Gasteiger partial charge in [-0.05, 0) is 17.7 Å². The fourth-order valence-corrected chi connectivity index (χ4v) is 1.35. The minimum atomic E-state index is -4.45. The van der Waals surface area contributed by atoms with E-state index in [1.807, 2.05) is 0 Å². The Morgan fingerprint density at radius 1 is 1.31 bits per heavy atom. The van der Waals surface area contributed by atoms with Crippen molar-refractivity contribution in [3.05, 3.63) is 34.3 Å². The lowest BCUT2D eigenvalue weighted by Gasteiger charge is -2.11. The van der Waals surface area contributed by atoms with Crippen LogP contribution in [0, 0.1) is 0 Å². The molecule has 0 saturated carbocycles. The SMILES string of the molecule is COCOCc1ccc(Cl)c(C(F)(F)F)c1. The third-order valence-corrected chi connectivity index (χ3v) is 2.14. The Kier molecular flexibility index (Phi) is 4.58. The van der Waals surface area contributed by atoms with Gasteiger partial charge in [-0.2, -0.15) is 13.2 Å². The van der Waals surface area contributed by atoms with Crippen LogP contribution in [0.5, 0.6) is 0 Å². The van der Waals surface area contributed by atoms with Crippen molar-refractivity contribution >= 4 is 11.6 Å². The molecule has 16 heavy (non-hydrogen) atoms. The van der Waals surface area contributed by atoms with E-state index in [0.29, 0.717) is 5.56 Å². The van der Waals surface area contributed by atoms with Crippen molar-refractivity contribution in [1.82, 2.24) is 0 Å². The van der Waals surface area contributed by atoms with E-state index in [1.165, 1.54) is 19.2 Å². The zero-order valence-corrected chi connectivity index (χ0v) is 9.23. The van der Waals surface area contributed by atoms with E-state index in [4.69, 9.17) is 16.3 Å². The Labute approximate surface area is 95.9 Å². The molecular weight excluding hydrogens is 245 g/mol. The molecule has 0 atom stereocenters. The van der Waals surface area contributed by atoms with Gasteiger partial charge in [-0.3, -0.25) is 0 Å². The molecule has 0 spiro atoms. The van der Waals surface area contributed by atoms with Crippen LogP contribution in [-0.4, -0.2) is 13.9 Å². The van der Waals surface area contributed by atoms with Crippen molar-refractivity contribution in [3.8, 4) is 0 Å². The highest BCUT2D eigenvalue weighted by atomic mass is 35.5. The van der Waals surface area contributed by atoms with Gasteiger partial charge in [0.2, 0.25) is 0 Å². The second-order valence-corrected chi connectivity index (χ2v) is 3.47. The van der Waals surface area contributed by atoms with Crippen molar-refractivity contribution in [1.29, 1.82) is 0 Å². The summed E-state index contributed by atoms with van der Waals surface area (Å²) in [4.78, 5) is 0. The van der Waals surface area contributed by atoms with E-state index in [-0.39, 0.29) is 18.4 Å². The van der Waals surface area contributed by atoms with Gasteiger partial charge in [-0.1, -0.05) is 17.7 Å². The topological polar surface area (TPSA) is 18.5 Å². The van der Waals surface area contributed by atoms with Gasteiger partial charge in [0, 0.05) is 7.11 Å². The Balaban J connectivity index is 2.82. The molecule has 1 aromatic rings. The fourth-order valence-electron chi connectivity index (χ4n) is 1.12. The van der Waals surface area contributed by atoms with Crippen LogP contribution < -0.4 is 0 Å². The number of rotatable bonds is 4. The van der Waals surface area contributed by atoms with E-state index in [2.05, 4.69) is 4.74 Å². The van der Waals surface area contributed by atoms with Crippen LogP contribution in [0.3, 0.4) is 0 Å². The molecule has 6 heteroatoms. The maximum absolute atomic E-state index is 12.5. The molecule has 0 amide bonds. The fraction of sp³-hybridized carbons (Fsp3) is 0.400. The average molecular weight is 255 g/mol. The molecule has 1 rings (SSSR count). The summed E-state index contributed by atoms with van der Waals surface area (Å²) in [6.07, 6.45) is -4.45. The third kappa shape index (κ3) is 3.66. The number of ether oxygens (including phenoxy) is 2. The summed E-state index contributed by atoms with van der Waals surface area (Å²) in [5.74, 6) is 0. The molecule has 0 aliphatic carbocycles. The number of alkyl halides is 3. The van der Waals surface area contributed by atoms with Crippen molar-refractivity contribution in [3.63, 3.8) is 0 Å². The Bertz CT molecular complexity index is 352. The number of benzene rings is 1. The summed E-state index contributed by atoms with van der Waals surface area (Å²) in [5.41, 5.74) is -0.457. The molecule has 0 unspecified atom stereocenters. The normalized spacial score (nSPS) is 11.8. The monoisotopic (exact) mass is 254 g/mol. The van der Waals surface area contributed by atoms with Crippen molar-refractivity contribution in [2.75, 3.05) is 13.9 Å². The van der Waals surface area contributed by atoms with Crippen LogP contribution in [0.25, 0.3) is 0 Å². The van der Waals surface area contributed by atoms with E-state index in [9.17, 15) is 13.2 Å². The molecule has 2 nitrogen and oxygen atoms in total. The molecule has 0 saturated heterocycles. The second kappa shape index (κ2) is 5.52. The van der Waals surface area contributed by atoms with E-state index < -0.39 is 11.7 Å². The zero-order valence-electron chi connectivity index (χ0n) is 8.47. The van der Waals surface area contributed by atoms with Gasteiger partial charge in [-0.15, -0.1) is 0 Å². The zero-order chi connectivity index (χ0) is 12.2. The lowest BCUT2D eigenvalue weighted by atomic mass is 10.1. The van der Waals surface area contributed by atoms with Crippen molar-refractivity contribution in [2.45, 2.75) is 12.8 Å². The first-order valence-electron chi connectivity index (χ1n) is 4.37. The van der Waals surface area contributed by atoms with Crippen LogP contribution in [0.2, 0.25) is 5.02 Å². The molecule has 0 N–H and O–H groups in total. The Morgan fingerprint density at radius 3 is 2.56 bits per heavy atom. The van der Waals surface area contributed by atoms with Gasteiger partial charge < -0.3 is 9.47 Å². The third-order valence-electron chi connectivity index (χ3n) is 1.81. The quantitative estimate of drug-likeness (QED) is 0.605. The van der Waals surface area contributed by atoms with Crippen molar-refractivity contribution < 1.29 is 22.6 Å². The van der Waals surface area contributed by atoms with Gasteiger partial charge in [0.05, 0.1) is 17.2 Å². The number of halogens is 4. The molecule has 90 valence electrons. The lowest BCUT2D eigenvalue weighted by molar-refractivity contribution is -0.137. The lowest BCUT2D eigenvalue weighted by Crippen LogP contribution is -2.07. The summed E-state index contributed by atoms with van der Waals surface area (Å²) in [7, 11) is 1.43. The van der Waals surface area contributed by atoms with E-state index in [1.54, 1.807) is 0 Å². The molecule has 0 aliphatic rings. The van der Waals surface area contributed by atoms with Gasteiger partial charge in [0.15, 0.2) is 0 Å². The molecule has 0 heterocycles. The molecule has 0 bridgehead atoms. The minimum Gasteiger partial charge on any atom is -0.359 e. The van der Waals surface area contributed by atoms with Crippen LogP contribution in [0.4, 0.5) is 13.2 Å². The number of methoxy groups -OCH3 is 1. The minimum absolute atomic E-state index is 0.0317. The highest BCUT2D eigenvalue weighted by Crippen LogP contribution is 2.35. The molecule has 0 aliphatic heterocycles. The van der Waals surface area contributed by atoms with E-state index >= 15 is 0 Å². The maximum Gasteiger partial charge on any atom is 0.417 e. The summed E-state index contributed by atoms with van der Waals surface area (Å²) in [6.45, 7) is 0.0814. The van der Waals surface area contributed by atoms with Crippen LogP contribution in [-0.2, 0) is 22.3 Å². The summed E-state index contributed by atoms with van der Waals surface area (Å²) < 4.78 is 47.0. The van der Waals surface area contributed by atoms with E-state index in [0.717, 1.165) is 6.07 Å². The first-order valence-corrected chi connectivity index (χ1v) is 4.75. The van der Waals surface area contributed by atoms with Gasteiger partial charge in [0.1, 0.15) is 6.79 Å². The average Bonchev–Trinajstić information content (AvgIpc) is 2.19. The summed E-state index contributed by atoms with van der Waals surface area (Å²) in [5, 5.41) is -0.317. The highest BCUT2D eigenvalue weighted by Gasteiger charge is 2.33. The van der Waals surface area contributed by atoms with Gasteiger partial charge >= 0.3 is 6.18 Å². The highest BCUT2D eigenvalue weighted by molar-refractivity contribution is 6.31. The van der Waals surface area contributed by atoms with Crippen LogP contribution in [0.1, 0.15) is 11.1 Å². The second-order valence-electron chi connectivity index (χ2n) is 3.07. The van der Waals surface area contributed by atoms with Gasteiger partial charge in [-0.25, -0.2) is 0 Å². The summed E-state index contributed by atoms with van der Waals surface area (Å²) in [6, 6.07) is 3.65. The van der Waals surface area contributed by atoms with Crippen LogP contribution in [0.15, 0.2) is 18.2 Å². The predicted molar refractivity (Wildman–Crippen MR) is 53.1 cm³/mol. The van der Waals surface area contributed by atoms with Crippen LogP contribution >= 0.6 is 11.6 Å². The Hall–Kier alpha value is -0.780. The van der Waals surface area contributed by atoms with Crippen molar-refractivity contribution in [2.24, 2.45) is 0 Å².